The highest BCUT2D eigenvalue weighted by Gasteiger charge is 2.40. The van der Waals surface area contributed by atoms with Crippen molar-refractivity contribution in [2.45, 2.75) is 44.2 Å². The van der Waals surface area contributed by atoms with Gasteiger partial charge >= 0.3 is 12.0 Å². The summed E-state index contributed by atoms with van der Waals surface area (Å²) in [6.45, 7) is 1.91. The maximum absolute atomic E-state index is 11.9. The molecule has 0 aliphatic heterocycles. The summed E-state index contributed by atoms with van der Waals surface area (Å²) in [6, 6.07) is 3.55. The molecule has 0 spiro atoms. The van der Waals surface area contributed by atoms with Crippen molar-refractivity contribution in [1.82, 2.24) is 10.6 Å². The van der Waals surface area contributed by atoms with E-state index in [9.17, 15) is 9.59 Å². The first kappa shape index (κ1) is 13.9. The van der Waals surface area contributed by atoms with Gasteiger partial charge in [-0.2, -0.15) is 0 Å². The molecule has 1 unspecified atom stereocenters. The molecule has 1 atom stereocenters. The van der Waals surface area contributed by atoms with Crippen LogP contribution in [-0.2, 0) is 4.79 Å². The second-order valence-corrected chi connectivity index (χ2v) is 6.02. The van der Waals surface area contributed by atoms with Gasteiger partial charge in [0, 0.05) is 4.88 Å². The van der Waals surface area contributed by atoms with Crippen LogP contribution in [0.4, 0.5) is 4.79 Å². The molecule has 1 aromatic heterocycles. The maximum atomic E-state index is 11.9. The molecule has 3 N–H and O–H groups in total. The van der Waals surface area contributed by atoms with Gasteiger partial charge in [0.15, 0.2) is 0 Å². The van der Waals surface area contributed by atoms with E-state index in [1.54, 1.807) is 11.3 Å². The summed E-state index contributed by atoms with van der Waals surface area (Å²) in [5.41, 5.74) is -0.551. The molecule has 0 radical (unpaired) electrons. The number of aliphatic carboxylic acids is 1. The average molecular weight is 282 g/mol. The Hall–Kier alpha value is -1.56. The molecule has 19 heavy (non-hydrogen) atoms. The van der Waals surface area contributed by atoms with Gasteiger partial charge in [0.1, 0.15) is 0 Å². The zero-order valence-electron chi connectivity index (χ0n) is 10.8. The van der Waals surface area contributed by atoms with Gasteiger partial charge in [0.25, 0.3) is 0 Å². The molecular formula is C13H18N2O3S. The Balaban J connectivity index is 1.88. The minimum atomic E-state index is -0.869. The zero-order valence-corrected chi connectivity index (χ0v) is 11.6. The van der Waals surface area contributed by atoms with Gasteiger partial charge < -0.3 is 15.7 Å². The summed E-state index contributed by atoms with van der Waals surface area (Å²) in [7, 11) is 0. The van der Waals surface area contributed by atoms with E-state index >= 15 is 0 Å². The van der Waals surface area contributed by atoms with E-state index < -0.39 is 11.5 Å². The van der Waals surface area contributed by atoms with Crippen LogP contribution >= 0.6 is 11.3 Å². The normalized spacial score (nSPS) is 18.2. The lowest BCUT2D eigenvalue weighted by Gasteiger charge is -2.41. The van der Waals surface area contributed by atoms with Gasteiger partial charge in [-0.3, -0.25) is 4.79 Å². The Morgan fingerprint density at radius 3 is 2.74 bits per heavy atom. The van der Waals surface area contributed by atoms with E-state index in [4.69, 9.17) is 5.11 Å². The Kier molecular flexibility index (Phi) is 4.09. The number of hydrogen-bond donors (Lipinski definition) is 3. The average Bonchev–Trinajstić information content (AvgIpc) is 2.78. The van der Waals surface area contributed by atoms with Crippen molar-refractivity contribution in [3.8, 4) is 0 Å². The largest absolute Gasteiger partial charge is 0.481 e. The van der Waals surface area contributed by atoms with E-state index in [-0.39, 0.29) is 18.5 Å². The molecule has 2 rings (SSSR count). The van der Waals surface area contributed by atoms with Crippen LogP contribution in [0.15, 0.2) is 17.5 Å². The Morgan fingerprint density at radius 1 is 1.53 bits per heavy atom. The molecule has 0 saturated heterocycles. The first-order valence-corrected chi connectivity index (χ1v) is 7.23. The highest BCUT2D eigenvalue weighted by Crippen LogP contribution is 2.34. The third-order valence-corrected chi connectivity index (χ3v) is 4.55. The molecule has 2 amide bonds. The smallest absolute Gasteiger partial charge is 0.315 e. The van der Waals surface area contributed by atoms with E-state index in [1.165, 1.54) is 0 Å². The second kappa shape index (κ2) is 5.61. The maximum Gasteiger partial charge on any atom is 0.315 e. The Labute approximate surface area is 116 Å². The monoisotopic (exact) mass is 282 g/mol. The van der Waals surface area contributed by atoms with E-state index in [2.05, 4.69) is 10.6 Å². The zero-order chi connectivity index (χ0) is 13.9. The number of amides is 2. The van der Waals surface area contributed by atoms with Crippen LogP contribution < -0.4 is 10.6 Å². The van der Waals surface area contributed by atoms with E-state index in [0.717, 1.165) is 24.1 Å². The van der Waals surface area contributed by atoms with Gasteiger partial charge in [-0.1, -0.05) is 6.07 Å². The Bertz CT molecular complexity index is 454. The molecule has 0 aromatic carbocycles. The number of thiophene rings is 1. The van der Waals surface area contributed by atoms with Crippen LogP contribution in [0.5, 0.6) is 0 Å². The summed E-state index contributed by atoms with van der Waals surface area (Å²) >= 11 is 1.58. The molecule has 1 fully saturated rings. The summed E-state index contributed by atoms with van der Waals surface area (Å²) in [5.74, 6) is -0.869. The highest BCUT2D eigenvalue weighted by molar-refractivity contribution is 7.10. The molecule has 5 nitrogen and oxygen atoms in total. The molecule has 6 heteroatoms. The third kappa shape index (κ3) is 3.47. The fraction of sp³-hybridized carbons (Fsp3) is 0.538. The Morgan fingerprint density at radius 2 is 2.26 bits per heavy atom. The van der Waals surface area contributed by atoms with Crippen molar-refractivity contribution in [3.63, 3.8) is 0 Å². The summed E-state index contributed by atoms with van der Waals surface area (Å²) in [4.78, 5) is 23.8. The van der Waals surface area contributed by atoms with E-state index in [1.807, 2.05) is 24.4 Å². The lowest BCUT2D eigenvalue weighted by Crippen LogP contribution is -2.57. The fourth-order valence-electron chi connectivity index (χ4n) is 2.32. The van der Waals surface area contributed by atoms with Crippen LogP contribution in [0.2, 0.25) is 0 Å². The number of carbonyl (C=O) groups is 2. The SMILES string of the molecule is CC(NC(=O)NC1(CC(=O)O)CCC1)c1cccs1. The first-order valence-electron chi connectivity index (χ1n) is 6.35. The predicted molar refractivity (Wildman–Crippen MR) is 73.2 cm³/mol. The topological polar surface area (TPSA) is 78.4 Å². The van der Waals surface area contributed by atoms with Crippen LogP contribution in [0.1, 0.15) is 43.5 Å². The summed E-state index contributed by atoms with van der Waals surface area (Å²) < 4.78 is 0. The van der Waals surface area contributed by atoms with Gasteiger partial charge in [-0.05, 0) is 37.6 Å². The van der Waals surface area contributed by atoms with Crippen LogP contribution in [0.3, 0.4) is 0 Å². The molecular weight excluding hydrogens is 264 g/mol. The molecule has 1 aliphatic carbocycles. The number of carboxylic acid groups (broad SMARTS) is 1. The molecule has 0 bridgehead atoms. The molecule has 1 heterocycles. The van der Waals surface area contributed by atoms with Crippen molar-refractivity contribution in [2.75, 3.05) is 0 Å². The van der Waals surface area contributed by atoms with Crippen LogP contribution in [0, 0.1) is 0 Å². The van der Waals surface area contributed by atoms with Crippen molar-refractivity contribution in [1.29, 1.82) is 0 Å². The summed E-state index contributed by atoms with van der Waals surface area (Å²) in [5, 5.41) is 16.5. The van der Waals surface area contributed by atoms with Crippen LogP contribution in [0.25, 0.3) is 0 Å². The minimum Gasteiger partial charge on any atom is -0.481 e. The number of urea groups is 1. The second-order valence-electron chi connectivity index (χ2n) is 5.04. The number of nitrogens with one attached hydrogen (secondary N) is 2. The number of carbonyl (C=O) groups excluding carboxylic acids is 1. The number of rotatable bonds is 5. The number of carboxylic acids is 1. The fourth-order valence-corrected chi connectivity index (χ4v) is 3.06. The van der Waals surface area contributed by atoms with Gasteiger partial charge in [0.05, 0.1) is 18.0 Å². The lowest BCUT2D eigenvalue weighted by atomic mass is 9.74. The summed E-state index contributed by atoms with van der Waals surface area (Å²) in [6.07, 6.45) is 2.43. The molecule has 1 saturated carbocycles. The minimum absolute atomic E-state index is 0.00615. The van der Waals surface area contributed by atoms with Gasteiger partial charge in [0.2, 0.25) is 0 Å². The standard InChI is InChI=1S/C13H18N2O3S/c1-9(10-4-2-7-19-10)14-12(18)15-13(5-3-6-13)8-11(16)17/h2,4,7,9H,3,5-6,8H2,1H3,(H,16,17)(H2,14,15,18). The molecule has 1 aromatic rings. The predicted octanol–water partition coefficient (Wildman–Crippen LogP) is 2.51. The van der Waals surface area contributed by atoms with E-state index in [0.29, 0.717) is 0 Å². The lowest BCUT2D eigenvalue weighted by molar-refractivity contribution is -0.139. The van der Waals surface area contributed by atoms with Gasteiger partial charge in [-0.15, -0.1) is 11.3 Å². The van der Waals surface area contributed by atoms with Crippen molar-refractivity contribution >= 4 is 23.3 Å². The van der Waals surface area contributed by atoms with Crippen molar-refractivity contribution in [2.24, 2.45) is 0 Å². The number of hydrogen-bond acceptors (Lipinski definition) is 3. The third-order valence-electron chi connectivity index (χ3n) is 3.50. The van der Waals surface area contributed by atoms with Gasteiger partial charge in [-0.25, -0.2) is 4.79 Å². The molecule has 1 aliphatic rings. The van der Waals surface area contributed by atoms with Crippen LogP contribution in [-0.4, -0.2) is 22.6 Å². The highest BCUT2D eigenvalue weighted by atomic mass is 32.1. The van der Waals surface area contributed by atoms with Crippen molar-refractivity contribution in [3.05, 3.63) is 22.4 Å². The quantitative estimate of drug-likeness (QED) is 0.776. The first-order chi connectivity index (χ1) is 9.01. The van der Waals surface area contributed by atoms with Crippen molar-refractivity contribution < 1.29 is 14.7 Å². The molecule has 104 valence electrons.